The Labute approximate surface area is 224 Å². The smallest absolute Gasteiger partial charge is 0.326 e. The van der Waals surface area contributed by atoms with Crippen molar-refractivity contribution >= 4 is 17.8 Å². The van der Waals surface area contributed by atoms with Crippen molar-refractivity contribution < 1.29 is 19.5 Å². The molecule has 0 radical (unpaired) electrons. The molecular weight excluding hydrogens is 478 g/mol. The van der Waals surface area contributed by atoms with Gasteiger partial charge in [-0.2, -0.15) is 0 Å². The van der Waals surface area contributed by atoms with Crippen molar-refractivity contribution in [3.05, 3.63) is 108 Å². The maximum absolute atomic E-state index is 13.6. The highest BCUT2D eigenvalue weighted by Crippen LogP contribution is 2.48. The summed E-state index contributed by atoms with van der Waals surface area (Å²) >= 11 is 0. The van der Waals surface area contributed by atoms with Gasteiger partial charge in [-0.15, -0.1) is 0 Å². The van der Waals surface area contributed by atoms with Crippen molar-refractivity contribution in [1.29, 1.82) is 0 Å². The Hall–Kier alpha value is -3.97. The lowest BCUT2D eigenvalue weighted by atomic mass is 9.76. The average molecular weight is 514 g/mol. The predicted octanol–water partition coefficient (Wildman–Crippen LogP) is 3.69. The quantitative estimate of drug-likeness (QED) is 0.330. The molecule has 0 spiro atoms. The second-order valence-corrected chi connectivity index (χ2v) is 10.2. The highest BCUT2D eigenvalue weighted by Gasteiger charge is 2.56. The second-order valence-electron chi connectivity index (χ2n) is 10.2. The topological polar surface area (TPSA) is 80.9 Å². The maximum Gasteiger partial charge on any atom is 0.326 e. The van der Waals surface area contributed by atoms with Crippen molar-refractivity contribution in [1.82, 2.24) is 14.7 Å². The Morgan fingerprint density at radius 3 is 1.63 bits per heavy atom. The highest BCUT2D eigenvalue weighted by molar-refractivity contribution is 5.91. The fraction of sp³-hybridized carbons (Fsp3) is 0.323. The number of nitrogens with zero attached hydrogens (tertiary/aromatic N) is 3. The Balaban J connectivity index is 1.65. The summed E-state index contributed by atoms with van der Waals surface area (Å²) in [4.78, 5) is 43.1. The molecule has 7 nitrogen and oxygen atoms in total. The number of hydrogen-bond acceptors (Lipinski definition) is 4. The van der Waals surface area contributed by atoms with Crippen LogP contribution in [0.25, 0.3) is 0 Å². The van der Waals surface area contributed by atoms with Crippen LogP contribution in [-0.2, 0) is 19.9 Å². The number of hydrogen-bond donors (Lipinski definition) is 1. The van der Waals surface area contributed by atoms with Crippen LogP contribution < -0.4 is 0 Å². The number of aliphatic carboxylic acids is 1. The van der Waals surface area contributed by atoms with Crippen LogP contribution in [-0.4, -0.2) is 76.9 Å². The van der Waals surface area contributed by atoms with Crippen LogP contribution >= 0.6 is 0 Å². The van der Waals surface area contributed by atoms with Gasteiger partial charge >= 0.3 is 5.97 Å². The number of rotatable bonds is 10. The molecule has 3 aromatic rings. The molecule has 0 saturated carbocycles. The van der Waals surface area contributed by atoms with E-state index in [1.54, 1.807) is 20.9 Å². The third-order valence-corrected chi connectivity index (χ3v) is 7.35. The molecule has 0 aliphatic carbocycles. The fourth-order valence-corrected chi connectivity index (χ4v) is 5.46. The zero-order valence-corrected chi connectivity index (χ0v) is 22.3. The monoisotopic (exact) mass is 513 g/mol. The third-order valence-electron chi connectivity index (χ3n) is 7.35. The normalized spacial score (nSPS) is 17.5. The van der Waals surface area contributed by atoms with Gasteiger partial charge in [-0.25, -0.2) is 4.79 Å². The minimum Gasteiger partial charge on any atom is -0.480 e. The standard InChI is InChI=1S/C31H35N3O4/c1-22(2)28(30(37)38)33(4)27(35)21-32(3)29(36)26-20-34(26)31(23-14-8-5-9-15-23,24-16-10-6-11-17-24)25-18-12-7-13-19-25/h5-19,22,26,28H,20-21H2,1-4H3,(H,37,38)/t26?,28-,34?/m0/s1. The minimum atomic E-state index is -1.06. The van der Waals surface area contributed by atoms with Crippen LogP contribution in [0.1, 0.15) is 30.5 Å². The predicted molar refractivity (Wildman–Crippen MR) is 146 cm³/mol. The van der Waals surface area contributed by atoms with E-state index in [0.29, 0.717) is 6.54 Å². The van der Waals surface area contributed by atoms with Gasteiger partial charge in [-0.3, -0.25) is 14.5 Å². The summed E-state index contributed by atoms with van der Waals surface area (Å²) in [5.74, 6) is -1.90. The lowest BCUT2D eigenvalue weighted by molar-refractivity contribution is -0.152. The van der Waals surface area contributed by atoms with Crippen LogP contribution in [0.3, 0.4) is 0 Å². The Morgan fingerprint density at radius 2 is 1.26 bits per heavy atom. The number of likely N-dealkylation sites (N-methyl/N-ethyl adjacent to an activating group) is 2. The molecule has 1 N–H and O–H groups in total. The van der Waals surface area contributed by atoms with Crippen molar-refractivity contribution in [2.24, 2.45) is 5.92 Å². The van der Waals surface area contributed by atoms with Crippen molar-refractivity contribution in [2.75, 3.05) is 27.2 Å². The SMILES string of the molecule is CC(C)[C@@H](C(=O)O)N(C)C(=O)CN(C)C(=O)C1CN1C(c1ccccc1)(c1ccccc1)c1ccccc1. The minimum absolute atomic E-state index is 0.171. The first-order valence-electron chi connectivity index (χ1n) is 12.9. The Kier molecular flexibility index (Phi) is 7.97. The van der Waals surface area contributed by atoms with Crippen molar-refractivity contribution in [3.63, 3.8) is 0 Å². The van der Waals surface area contributed by atoms with Gasteiger partial charge in [0.1, 0.15) is 12.1 Å². The van der Waals surface area contributed by atoms with Gasteiger partial charge in [0, 0.05) is 20.6 Å². The number of benzene rings is 3. The summed E-state index contributed by atoms with van der Waals surface area (Å²) in [6.45, 7) is 3.85. The van der Waals surface area contributed by atoms with E-state index in [1.807, 2.05) is 54.6 Å². The molecule has 1 heterocycles. The number of carbonyl (C=O) groups excluding carboxylic acids is 2. The van der Waals surface area contributed by atoms with E-state index in [-0.39, 0.29) is 18.4 Å². The summed E-state index contributed by atoms with van der Waals surface area (Å²) in [7, 11) is 3.08. The maximum atomic E-state index is 13.6. The molecule has 1 aliphatic heterocycles. The summed E-state index contributed by atoms with van der Waals surface area (Å²) in [6.07, 6.45) is 0. The van der Waals surface area contributed by atoms with E-state index >= 15 is 0 Å². The largest absolute Gasteiger partial charge is 0.480 e. The molecule has 7 heteroatoms. The number of amides is 2. The van der Waals surface area contributed by atoms with E-state index in [1.165, 1.54) is 16.8 Å². The molecule has 4 rings (SSSR count). The first-order chi connectivity index (χ1) is 18.2. The summed E-state index contributed by atoms with van der Waals surface area (Å²) < 4.78 is 0. The van der Waals surface area contributed by atoms with E-state index in [9.17, 15) is 19.5 Å². The van der Waals surface area contributed by atoms with Gasteiger partial charge in [-0.1, -0.05) is 105 Å². The van der Waals surface area contributed by atoms with Crippen LogP contribution in [0, 0.1) is 5.92 Å². The summed E-state index contributed by atoms with van der Waals surface area (Å²) in [5.41, 5.74) is 2.45. The van der Waals surface area contributed by atoms with Crippen LogP contribution in [0.15, 0.2) is 91.0 Å². The molecule has 198 valence electrons. The zero-order valence-electron chi connectivity index (χ0n) is 22.3. The van der Waals surface area contributed by atoms with Gasteiger partial charge < -0.3 is 14.9 Å². The highest BCUT2D eigenvalue weighted by atomic mass is 16.4. The number of carbonyl (C=O) groups is 3. The van der Waals surface area contributed by atoms with Gasteiger partial charge in [0.05, 0.1) is 12.1 Å². The van der Waals surface area contributed by atoms with Crippen LogP contribution in [0.5, 0.6) is 0 Å². The molecule has 2 amide bonds. The number of carboxylic acids is 1. The van der Waals surface area contributed by atoms with E-state index < -0.39 is 29.5 Å². The lowest BCUT2D eigenvalue weighted by Gasteiger charge is -2.38. The van der Waals surface area contributed by atoms with E-state index in [4.69, 9.17) is 0 Å². The zero-order chi connectivity index (χ0) is 27.4. The van der Waals surface area contributed by atoms with Crippen LogP contribution in [0.2, 0.25) is 0 Å². The van der Waals surface area contributed by atoms with Gasteiger partial charge in [-0.05, 0) is 22.6 Å². The molecule has 0 bridgehead atoms. The Bertz CT molecular complexity index is 1170. The molecule has 1 aliphatic rings. The molecule has 1 saturated heterocycles. The molecule has 2 unspecified atom stereocenters. The van der Waals surface area contributed by atoms with E-state index in [2.05, 4.69) is 41.3 Å². The second kappa shape index (κ2) is 11.2. The van der Waals surface area contributed by atoms with Gasteiger partial charge in [0.25, 0.3) is 0 Å². The summed E-state index contributed by atoms with van der Waals surface area (Å²) in [6, 6.07) is 29.1. The van der Waals surface area contributed by atoms with Gasteiger partial charge in [0.2, 0.25) is 11.8 Å². The lowest BCUT2D eigenvalue weighted by Crippen LogP contribution is -2.50. The van der Waals surface area contributed by atoms with Crippen molar-refractivity contribution in [2.45, 2.75) is 31.5 Å². The molecule has 0 aromatic heterocycles. The third kappa shape index (κ3) is 5.07. The first kappa shape index (κ1) is 27.1. The van der Waals surface area contributed by atoms with Crippen molar-refractivity contribution in [3.8, 4) is 0 Å². The fourth-order valence-electron chi connectivity index (χ4n) is 5.46. The Morgan fingerprint density at radius 1 is 0.842 bits per heavy atom. The average Bonchev–Trinajstić information content (AvgIpc) is 3.71. The van der Waals surface area contributed by atoms with Crippen LogP contribution in [0.4, 0.5) is 0 Å². The first-order valence-corrected chi connectivity index (χ1v) is 12.9. The molecule has 3 aromatic carbocycles. The molecule has 3 atom stereocenters. The van der Waals surface area contributed by atoms with E-state index in [0.717, 1.165) is 16.7 Å². The molecule has 1 fully saturated rings. The molecular formula is C31H35N3O4. The number of carboxylic acid groups (broad SMARTS) is 1. The summed E-state index contributed by atoms with van der Waals surface area (Å²) in [5, 5.41) is 9.57. The molecule has 38 heavy (non-hydrogen) atoms. The van der Waals surface area contributed by atoms with Gasteiger partial charge in [0.15, 0.2) is 0 Å².